The smallest absolute Gasteiger partial charge is 0.251 e. The van der Waals surface area contributed by atoms with Crippen molar-refractivity contribution in [2.24, 2.45) is 0 Å². The third kappa shape index (κ3) is 4.68. The van der Waals surface area contributed by atoms with E-state index in [1.54, 1.807) is 18.2 Å². The molecule has 0 atom stereocenters. The molecule has 2 aliphatic rings. The Morgan fingerprint density at radius 1 is 1.19 bits per heavy atom. The van der Waals surface area contributed by atoms with Gasteiger partial charge in [-0.3, -0.25) is 14.0 Å². The molecule has 2 aliphatic heterocycles. The van der Waals surface area contributed by atoms with Gasteiger partial charge in [-0.15, -0.1) is 0 Å². The van der Waals surface area contributed by atoms with Gasteiger partial charge in [0, 0.05) is 38.3 Å². The van der Waals surface area contributed by atoms with Crippen molar-refractivity contribution >= 4 is 33.2 Å². The minimum absolute atomic E-state index is 0.110. The Bertz CT molecular complexity index is 750. The second-order valence-corrected chi connectivity index (χ2v) is 8.89. The highest BCUT2D eigenvalue weighted by molar-refractivity contribution is 7.92. The Kier molecular flexibility index (Phi) is 6.39. The van der Waals surface area contributed by atoms with Gasteiger partial charge in [0.05, 0.1) is 29.7 Å². The lowest BCUT2D eigenvalue weighted by atomic mass is 10.1. The largest absolute Gasteiger partial charge is 0.379 e. The molecule has 1 amide bonds. The summed E-state index contributed by atoms with van der Waals surface area (Å²) in [6.45, 7) is 4.86. The molecule has 144 valence electrons. The lowest BCUT2D eigenvalue weighted by Gasteiger charge is -2.29. The molecule has 0 spiro atoms. The summed E-state index contributed by atoms with van der Waals surface area (Å²) >= 11 is 6.21. The number of amides is 1. The summed E-state index contributed by atoms with van der Waals surface area (Å²) in [5.41, 5.74) is 0.791. The van der Waals surface area contributed by atoms with Crippen molar-refractivity contribution in [3.05, 3.63) is 28.8 Å². The van der Waals surface area contributed by atoms with Crippen LogP contribution in [0.1, 0.15) is 23.2 Å². The van der Waals surface area contributed by atoms with Gasteiger partial charge in [-0.2, -0.15) is 0 Å². The summed E-state index contributed by atoms with van der Waals surface area (Å²) in [7, 11) is -3.37. The van der Waals surface area contributed by atoms with Crippen LogP contribution in [0.15, 0.2) is 18.2 Å². The summed E-state index contributed by atoms with van der Waals surface area (Å²) in [5, 5.41) is 3.22. The first-order valence-electron chi connectivity index (χ1n) is 8.86. The predicted octanol–water partition coefficient (Wildman–Crippen LogP) is 1.33. The van der Waals surface area contributed by atoms with E-state index in [0.717, 1.165) is 39.3 Å². The van der Waals surface area contributed by atoms with Gasteiger partial charge in [0.25, 0.3) is 5.91 Å². The van der Waals surface area contributed by atoms with Gasteiger partial charge in [0.1, 0.15) is 0 Å². The van der Waals surface area contributed by atoms with E-state index in [4.69, 9.17) is 16.3 Å². The third-order valence-corrected chi connectivity index (χ3v) is 6.82. The van der Waals surface area contributed by atoms with Crippen molar-refractivity contribution in [3.8, 4) is 0 Å². The average Bonchev–Trinajstić information content (AvgIpc) is 2.63. The molecule has 9 heteroatoms. The summed E-state index contributed by atoms with van der Waals surface area (Å²) in [6, 6.07) is 4.76. The van der Waals surface area contributed by atoms with Gasteiger partial charge in [-0.05, 0) is 31.0 Å². The van der Waals surface area contributed by atoms with Crippen LogP contribution in [0, 0.1) is 0 Å². The molecule has 0 radical (unpaired) electrons. The van der Waals surface area contributed by atoms with Gasteiger partial charge >= 0.3 is 0 Å². The number of carbonyl (C=O) groups excluding carboxylic acids is 1. The first kappa shape index (κ1) is 19.4. The quantitative estimate of drug-likeness (QED) is 0.805. The van der Waals surface area contributed by atoms with E-state index in [2.05, 4.69) is 10.2 Å². The summed E-state index contributed by atoms with van der Waals surface area (Å²) in [6.07, 6.45) is 1.43. The maximum absolute atomic E-state index is 12.4. The minimum Gasteiger partial charge on any atom is -0.379 e. The van der Waals surface area contributed by atoms with Gasteiger partial charge in [-0.1, -0.05) is 11.6 Å². The van der Waals surface area contributed by atoms with Crippen molar-refractivity contribution in [2.45, 2.75) is 12.8 Å². The Morgan fingerprint density at radius 2 is 1.96 bits per heavy atom. The molecule has 0 aliphatic carbocycles. The summed E-state index contributed by atoms with van der Waals surface area (Å²) in [5.74, 6) is -0.121. The number of morpholine rings is 1. The molecular formula is C17H24ClN3O4S. The van der Waals surface area contributed by atoms with Crippen molar-refractivity contribution in [1.82, 2.24) is 10.2 Å². The van der Waals surface area contributed by atoms with Crippen molar-refractivity contribution in [3.63, 3.8) is 0 Å². The highest BCUT2D eigenvalue weighted by Crippen LogP contribution is 2.31. The van der Waals surface area contributed by atoms with E-state index in [-0.39, 0.29) is 11.7 Å². The Labute approximate surface area is 159 Å². The van der Waals surface area contributed by atoms with Crippen molar-refractivity contribution < 1.29 is 17.9 Å². The van der Waals surface area contributed by atoms with Crippen LogP contribution in [0.3, 0.4) is 0 Å². The van der Waals surface area contributed by atoms with Crippen molar-refractivity contribution in [2.75, 3.05) is 56.0 Å². The zero-order valence-corrected chi connectivity index (χ0v) is 16.2. The van der Waals surface area contributed by atoms with Crippen LogP contribution >= 0.6 is 11.6 Å². The van der Waals surface area contributed by atoms with Crippen LogP contribution in [-0.2, 0) is 14.8 Å². The molecule has 2 heterocycles. The molecule has 7 nitrogen and oxygen atoms in total. The van der Waals surface area contributed by atoms with E-state index < -0.39 is 10.0 Å². The van der Waals surface area contributed by atoms with Crippen LogP contribution in [0.2, 0.25) is 5.02 Å². The van der Waals surface area contributed by atoms with Crippen LogP contribution in [-0.4, -0.2) is 70.9 Å². The second-order valence-electron chi connectivity index (χ2n) is 6.47. The Hall–Kier alpha value is -1.35. The number of anilines is 1. The van der Waals surface area contributed by atoms with Gasteiger partial charge in [-0.25, -0.2) is 8.42 Å². The van der Waals surface area contributed by atoms with Crippen LogP contribution in [0.5, 0.6) is 0 Å². The van der Waals surface area contributed by atoms with Crippen molar-refractivity contribution in [1.29, 1.82) is 0 Å². The molecule has 0 unspecified atom stereocenters. The number of hydrogen-bond acceptors (Lipinski definition) is 5. The number of nitrogens with zero attached hydrogens (tertiary/aromatic N) is 2. The Morgan fingerprint density at radius 3 is 2.69 bits per heavy atom. The Balaban J connectivity index is 1.65. The molecule has 1 N–H and O–H groups in total. The maximum Gasteiger partial charge on any atom is 0.251 e. The van der Waals surface area contributed by atoms with E-state index in [1.165, 1.54) is 4.31 Å². The fourth-order valence-electron chi connectivity index (χ4n) is 3.16. The number of benzene rings is 1. The molecular weight excluding hydrogens is 378 g/mol. The number of ether oxygens (including phenoxy) is 1. The molecule has 2 saturated heterocycles. The highest BCUT2D eigenvalue weighted by atomic mass is 35.5. The van der Waals surface area contributed by atoms with Crippen LogP contribution in [0.25, 0.3) is 0 Å². The molecule has 3 rings (SSSR count). The van der Waals surface area contributed by atoms with Gasteiger partial charge in [0.2, 0.25) is 10.0 Å². The topological polar surface area (TPSA) is 79.0 Å². The SMILES string of the molecule is O=C(NCCN1CCOCC1)c1ccc(Cl)c(N2CCCCS2(=O)=O)c1. The number of hydrogen-bond donors (Lipinski definition) is 1. The first-order valence-corrected chi connectivity index (χ1v) is 10.8. The normalized spacial score (nSPS) is 20.7. The number of sulfonamides is 1. The van der Waals surface area contributed by atoms with E-state index in [1.807, 2.05) is 0 Å². The minimum atomic E-state index is -3.37. The number of nitrogens with one attached hydrogen (secondary N) is 1. The van der Waals surface area contributed by atoms with Gasteiger partial charge in [0.15, 0.2) is 0 Å². The lowest BCUT2D eigenvalue weighted by Crippen LogP contribution is -2.41. The molecule has 0 aromatic heterocycles. The standard InChI is InChI=1S/C17H24ClN3O4S/c18-15-4-3-14(13-16(15)21-6-1-2-12-26(21,23)24)17(22)19-5-7-20-8-10-25-11-9-20/h3-4,13H,1-2,5-12H2,(H,19,22). The van der Waals surface area contributed by atoms with E-state index in [9.17, 15) is 13.2 Å². The molecule has 2 fully saturated rings. The lowest BCUT2D eigenvalue weighted by molar-refractivity contribution is 0.0383. The third-order valence-electron chi connectivity index (χ3n) is 4.64. The number of halogens is 1. The molecule has 0 bridgehead atoms. The summed E-state index contributed by atoms with van der Waals surface area (Å²) in [4.78, 5) is 14.7. The van der Waals surface area contributed by atoms with Gasteiger partial charge < -0.3 is 10.1 Å². The molecule has 26 heavy (non-hydrogen) atoms. The monoisotopic (exact) mass is 401 g/mol. The summed E-state index contributed by atoms with van der Waals surface area (Å²) < 4.78 is 31.3. The first-order chi connectivity index (χ1) is 12.5. The fraction of sp³-hybridized carbons (Fsp3) is 0.588. The predicted molar refractivity (Wildman–Crippen MR) is 101 cm³/mol. The molecule has 0 saturated carbocycles. The second kappa shape index (κ2) is 8.56. The number of carbonyl (C=O) groups is 1. The molecule has 1 aromatic rings. The van der Waals surface area contributed by atoms with E-state index in [0.29, 0.717) is 35.8 Å². The van der Waals surface area contributed by atoms with Crippen LogP contribution < -0.4 is 9.62 Å². The average molecular weight is 402 g/mol. The number of rotatable bonds is 5. The van der Waals surface area contributed by atoms with E-state index >= 15 is 0 Å². The zero-order valence-electron chi connectivity index (χ0n) is 14.6. The fourth-order valence-corrected chi connectivity index (χ4v) is 5.08. The maximum atomic E-state index is 12.4. The zero-order chi connectivity index (χ0) is 18.6. The highest BCUT2D eigenvalue weighted by Gasteiger charge is 2.28. The molecule has 1 aromatic carbocycles. The van der Waals surface area contributed by atoms with Crippen LogP contribution in [0.4, 0.5) is 5.69 Å².